The van der Waals surface area contributed by atoms with Gasteiger partial charge in [0.15, 0.2) is 11.5 Å². The van der Waals surface area contributed by atoms with Crippen LogP contribution in [0.1, 0.15) is 34.6 Å². The molecule has 1 aliphatic rings. The van der Waals surface area contributed by atoms with Gasteiger partial charge in [-0.15, -0.1) is 0 Å². The Labute approximate surface area is 162 Å². The van der Waals surface area contributed by atoms with Crippen LogP contribution in [0.2, 0.25) is 0 Å². The molecular formula is C20H22N2O6. The molecule has 0 atom stereocenters. The van der Waals surface area contributed by atoms with Gasteiger partial charge in [-0.05, 0) is 50.2 Å². The number of benzene rings is 2. The number of hydrogen-bond acceptors (Lipinski definition) is 6. The van der Waals surface area contributed by atoms with Crippen molar-refractivity contribution in [3.8, 4) is 23.0 Å². The van der Waals surface area contributed by atoms with Gasteiger partial charge in [0, 0.05) is 11.1 Å². The zero-order valence-corrected chi connectivity index (χ0v) is 15.9. The Balaban J connectivity index is 1.64. The van der Waals surface area contributed by atoms with Crippen LogP contribution in [0, 0.1) is 0 Å². The topological polar surface area (TPSA) is 95.1 Å². The van der Waals surface area contributed by atoms with E-state index in [2.05, 4.69) is 10.9 Å². The van der Waals surface area contributed by atoms with Gasteiger partial charge in [-0.1, -0.05) is 0 Å². The summed E-state index contributed by atoms with van der Waals surface area (Å²) >= 11 is 0. The van der Waals surface area contributed by atoms with Gasteiger partial charge in [0.1, 0.15) is 19.0 Å². The monoisotopic (exact) mass is 386 g/mol. The number of fused-ring (bicyclic) bond motifs is 1. The van der Waals surface area contributed by atoms with Crippen molar-refractivity contribution in [2.45, 2.75) is 20.0 Å². The largest absolute Gasteiger partial charge is 0.493 e. The van der Waals surface area contributed by atoms with Gasteiger partial charge < -0.3 is 18.9 Å². The summed E-state index contributed by atoms with van der Waals surface area (Å²) in [6.45, 7) is 4.63. The number of ether oxygens (including phenoxy) is 4. The Morgan fingerprint density at radius 3 is 2.25 bits per heavy atom. The van der Waals surface area contributed by atoms with Crippen molar-refractivity contribution in [3.63, 3.8) is 0 Å². The summed E-state index contributed by atoms with van der Waals surface area (Å²) in [6, 6.07) is 9.69. The first-order chi connectivity index (χ1) is 13.5. The molecule has 1 aliphatic heterocycles. The predicted molar refractivity (Wildman–Crippen MR) is 101 cm³/mol. The Hall–Kier alpha value is -3.42. The molecule has 3 rings (SSSR count). The molecule has 2 amide bonds. The minimum atomic E-state index is -0.511. The second-order valence-corrected chi connectivity index (χ2v) is 6.30. The molecule has 0 unspecified atom stereocenters. The minimum absolute atomic E-state index is 0.0435. The Morgan fingerprint density at radius 1 is 0.964 bits per heavy atom. The number of hydrogen-bond donors (Lipinski definition) is 2. The lowest BCUT2D eigenvalue weighted by atomic mass is 10.1. The van der Waals surface area contributed by atoms with Crippen LogP contribution in [-0.4, -0.2) is 38.2 Å². The third-order valence-corrected chi connectivity index (χ3v) is 3.87. The van der Waals surface area contributed by atoms with Crippen LogP contribution in [0.25, 0.3) is 0 Å². The van der Waals surface area contributed by atoms with E-state index in [0.29, 0.717) is 41.8 Å². The number of carbonyl (C=O) groups is 2. The molecule has 2 N–H and O–H groups in total. The van der Waals surface area contributed by atoms with E-state index in [1.54, 1.807) is 24.3 Å². The first-order valence-corrected chi connectivity index (χ1v) is 8.83. The smallest absolute Gasteiger partial charge is 0.269 e. The van der Waals surface area contributed by atoms with E-state index in [1.165, 1.54) is 19.2 Å². The Morgan fingerprint density at radius 2 is 1.61 bits per heavy atom. The molecule has 0 spiro atoms. The normalized spacial score (nSPS) is 12.3. The van der Waals surface area contributed by atoms with Crippen LogP contribution in [-0.2, 0) is 0 Å². The van der Waals surface area contributed by atoms with E-state index < -0.39 is 11.8 Å². The number of nitrogens with one attached hydrogen (secondary N) is 2. The van der Waals surface area contributed by atoms with E-state index >= 15 is 0 Å². The molecule has 0 fully saturated rings. The van der Waals surface area contributed by atoms with E-state index in [4.69, 9.17) is 18.9 Å². The summed E-state index contributed by atoms with van der Waals surface area (Å²) in [5.74, 6) is 0.964. The first kappa shape index (κ1) is 19.3. The van der Waals surface area contributed by atoms with Crippen LogP contribution in [0.3, 0.4) is 0 Å². The van der Waals surface area contributed by atoms with Crippen LogP contribution in [0.5, 0.6) is 23.0 Å². The first-order valence-electron chi connectivity index (χ1n) is 8.83. The Bertz CT molecular complexity index is 846. The van der Waals surface area contributed by atoms with Crippen molar-refractivity contribution in [1.29, 1.82) is 0 Å². The average Bonchev–Trinajstić information content (AvgIpc) is 2.71. The maximum Gasteiger partial charge on any atom is 0.269 e. The van der Waals surface area contributed by atoms with Crippen LogP contribution in [0.4, 0.5) is 0 Å². The van der Waals surface area contributed by atoms with Gasteiger partial charge in [0.05, 0.1) is 13.2 Å². The maximum atomic E-state index is 12.4. The molecule has 148 valence electrons. The standard InChI is InChI=1S/C20H22N2O6/c1-12(2)28-15-6-4-13(5-7-15)19(23)21-22-20(24)14-10-16(25-3)18-17(11-14)26-8-9-27-18/h4-7,10-12H,8-9H2,1-3H3,(H,21,23)(H,22,24). The van der Waals surface area contributed by atoms with Crippen molar-refractivity contribution in [2.24, 2.45) is 0 Å². The minimum Gasteiger partial charge on any atom is -0.493 e. The second-order valence-electron chi connectivity index (χ2n) is 6.30. The predicted octanol–water partition coefficient (Wildman–Crippen LogP) is 2.33. The maximum absolute atomic E-state index is 12.4. The fourth-order valence-electron chi connectivity index (χ4n) is 2.62. The molecule has 0 aliphatic carbocycles. The number of carbonyl (C=O) groups excluding carboxylic acids is 2. The highest BCUT2D eigenvalue weighted by Crippen LogP contribution is 2.40. The zero-order valence-electron chi connectivity index (χ0n) is 15.9. The lowest BCUT2D eigenvalue weighted by Gasteiger charge is -2.21. The van der Waals surface area contributed by atoms with E-state index in [0.717, 1.165) is 0 Å². The Kier molecular flexibility index (Phi) is 5.88. The van der Waals surface area contributed by atoms with Crippen molar-refractivity contribution in [3.05, 3.63) is 47.5 Å². The third-order valence-electron chi connectivity index (χ3n) is 3.87. The molecule has 0 bridgehead atoms. The SMILES string of the molecule is COc1cc(C(=O)NNC(=O)c2ccc(OC(C)C)cc2)cc2c1OCCO2. The van der Waals surface area contributed by atoms with Gasteiger partial charge >= 0.3 is 0 Å². The quantitative estimate of drug-likeness (QED) is 0.766. The lowest BCUT2D eigenvalue weighted by molar-refractivity contribution is 0.0845. The summed E-state index contributed by atoms with van der Waals surface area (Å²) in [4.78, 5) is 24.6. The lowest BCUT2D eigenvalue weighted by Crippen LogP contribution is -2.41. The average molecular weight is 386 g/mol. The zero-order chi connectivity index (χ0) is 20.1. The summed E-state index contributed by atoms with van der Waals surface area (Å²) in [7, 11) is 1.48. The molecule has 0 radical (unpaired) electrons. The van der Waals surface area contributed by atoms with Crippen molar-refractivity contribution in [1.82, 2.24) is 10.9 Å². The van der Waals surface area contributed by atoms with Gasteiger partial charge in [-0.2, -0.15) is 0 Å². The van der Waals surface area contributed by atoms with Crippen LogP contribution < -0.4 is 29.8 Å². The summed E-state index contributed by atoms with van der Waals surface area (Å²) in [6.07, 6.45) is 0.0435. The number of hydrazine groups is 1. The third kappa shape index (κ3) is 4.46. The van der Waals surface area contributed by atoms with Crippen LogP contribution >= 0.6 is 0 Å². The highest BCUT2D eigenvalue weighted by atomic mass is 16.6. The van der Waals surface area contributed by atoms with Crippen molar-refractivity contribution in [2.75, 3.05) is 20.3 Å². The van der Waals surface area contributed by atoms with Crippen molar-refractivity contribution >= 4 is 11.8 Å². The number of amides is 2. The summed E-state index contributed by atoms with van der Waals surface area (Å²) in [5.41, 5.74) is 5.41. The fraction of sp³-hybridized carbons (Fsp3) is 0.300. The van der Waals surface area contributed by atoms with Crippen molar-refractivity contribution < 1.29 is 28.5 Å². The fourth-order valence-corrected chi connectivity index (χ4v) is 2.62. The van der Waals surface area contributed by atoms with Gasteiger partial charge in [-0.25, -0.2) is 0 Å². The molecule has 0 saturated heterocycles. The van der Waals surface area contributed by atoms with Gasteiger partial charge in [0.2, 0.25) is 5.75 Å². The molecule has 28 heavy (non-hydrogen) atoms. The number of methoxy groups -OCH3 is 1. The highest BCUT2D eigenvalue weighted by Gasteiger charge is 2.21. The molecular weight excluding hydrogens is 364 g/mol. The number of rotatable bonds is 5. The van der Waals surface area contributed by atoms with Gasteiger partial charge in [0.25, 0.3) is 11.8 Å². The van der Waals surface area contributed by atoms with E-state index in [1.807, 2.05) is 13.8 Å². The van der Waals surface area contributed by atoms with Gasteiger partial charge in [-0.3, -0.25) is 20.4 Å². The molecule has 8 nitrogen and oxygen atoms in total. The molecule has 2 aromatic rings. The molecule has 1 heterocycles. The molecule has 0 aromatic heterocycles. The summed E-state index contributed by atoms with van der Waals surface area (Å²) in [5, 5.41) is 0. The molecule has 2 aromatic carbocycles. The second kappa shape index (κ2) is 8.51. The van der Waals surface area contributed by atoms with E-state index in [-0.39, 0.29) is 11.7 Å². The van der Waals surface area contributed by atoms with E-state index in [9.17, 15) is 9.59 Å². The molecule has 0 saturated carbocycles. The summed E-state index contributed by atoms with van der Waals surface area (Å²) < 4.78 is 21.8. The highest BCUT2D eigenvalue weighted by molar-refractivity contribution is 5.99. The molecule has 8 heteroatoms. The van der Waals surface area contributed by atoms with Crippen LogP contribution in [0.15, 0.2) is 36.4 Å².